The van der Waals surface area contributed by atoms with E-state index in [9.17, 15) is 18.0 Å². The third-order valence-electron chi connectivity index (χ3n) is 4.26. The Balaban J connectivity index is 0.00000420. The predicted molar refractivity (Wildman–Crippen MR) is 112 cm³/mol. The maximum Gasteiger partial charge on any atom is 0.422 e. The highest BCUT2D eigenvalue weighted by atomic mass is 127. The van der Waals surface area contributed by atoms with E-state index in [-0.39, 0.29) is 41.7 Å². The molecule has 0 unspecified atom stereocenters. The van der Waals surface area contributed by atoms with Crippen molar-refractivity contribution in [2.45, 2.75) is 32.5 Å². The number of piperidine rings is 1. The molecule has 1 saturated heterocycles. The lowest BCUT2D eigenvalue weighted by Crippen LogP contribution is -2.46. The van der Waals surface area contributed by atoms with E-state index in [0.29, 0.717) is 39.0 Å². The molecule has 0 bridgehead atoms. The number of carbonyl (C=O) groups excluding carboxylic acids is 1. The van der Waals surface area contributed by atoms with Gasteiger partial charge in [0.1, 0.15) is 0 Å². The topological polar surface area (TPSA) is 76.1 Å². The number of nitrogens with one attached hydrogen (secondary N) is 1. The highest BCUT2D eigenvalue weighted by Gasteiger charge is 2.29. The molecule has 0 aromatic carbocycles. The van der Waals surface area contributed by atoms with E-state index in [1.54, 1.807) is 6.07 Å². The highest BCUT2D eigenvalue weighted by Crippen LogP contribution is 2.19. The van der Waals surface area contributed by atoms with Crippen molar-refractivity contribution in [3.05, 3.63) is 23.9 Å². The first kappa shape index (κ1) is 25.2. The van der Waals surface area contributed by atoms with Crippen LogP contribution in [0.2, 0.25) is 0 Å². The van der Waals surface area contributed by atoms with Crippen molar-refractivity contribution in [3.63, 3.8) is 0 Å². The smallest absolute Gasteiger partial charge is 0.422 e. The molecule has 0 atom stereocenters. The van der Waals surface area contributed by atoms with Gasteiger partial charge in [0.25, 0.3) is 0 Å². The molecule has 11 heteroatoms. The summed E-state index contributed by atoms with van der Waals surface area (Å²) in [7, 11) is 1.40. The van der Waals surface area contributed by atoms with Gasteiger partial charge in [-0.25, -0.2) is 9.98 Å². The predicted octanol–water partition coefficient (Wildman–Crippen LogP) is 2.99. The second-order valence-electron chi connectivity index (χ2n) is 6.36. The summed E-state index contributed by atoms with van der Waals surface area (Å²) in [5.74, 6) is 0.378. The van der Waals surface area contributed by atoms with Crippen molar-refractivity contribution < 1.29 is 27.4 Å². The second kappa shape index (κ2) is 12.0. The summed E-state index contributed by atoms with van der Waals surface area (Å²) in [6, 6.07) is 3.03. The van der Waals surface area contributed by atoms with Crippen LogP contribution in [-0.4, -0.2) is 61.3 Å². The molecule has 0 spiro atoms. The molecule has 1 N–H and O–H groups in total. The zero-order valence-corrected chi connectivity index (χ0v) is 18.7. The fraction of sp³-hybridized carbons (Fsp3) is 0.611. The number of nitrogens with zero attached hydrogens (tertiary/aromatic N) is 3. The summed E-state index contributed by atoms with van der Waals surface area (Å²) < 4.78 is 45.9. The van der Waals surface area contributed by atoms with Crippen LogP contribution >= 0.6 is 24.0 Å². The summed E-state index contributed by atoms with van der Waals surface area (Å²) in [6.07, 6.45) is -1.55. The molecular formula is C18H26F3IN4O3. The van der Waals surface area contributed by atoms with Gasteiger partial charge >= 0.3 is 12.1 Å². The first-order valence-electron chi connectivity index (χ1n) is 9.08. The van der Waals surface area contributed by atoms with Crippen LogP contribution in [0.5, 0.6) is 5.88 Å². The van der Waals surface area contributed by atoms with E-state index in [4.69, 9.17) is 4.74 Å². The molecule has 0 aliphatic carbocycles. The molecule has 1 aliphatic rings. The van der Waals surface area contributed by atoms with Gasteiger partial charge in [-0.1, -0.05) is 6.07 Å². The summed E-state index contributed by atoms with van der Waals surface area (Å²) in [5, 5.41) is 3.22. The van der Waals surface area contributed by atoms with E-state index in [0.717, 1.165) is 11.5 Å². The Hall–Kier alpha value is -1.79. The maximum atomic E-state index is 12.2. The Morgan fingerprint density at radius 3 is 2.55 bits per heavy atom. The maximum absolute atomic E-state index is 12.2. The van der Waals surface area contributed by atoms with Gasteiger partial charge < -0.3 is 19.7 Å². The molecule has 2 rings (SSSR count). The lowest BCUT2D eigenvalue weighted by atomic mass is 9.97. The van der Waals surface area contributed by atoms with E-state index in [1.165, 1.54) is 19.4 Å². The lowest BCUT2D eigenvalue weighted by molar-refractivity contribution is -0.154. The van der Waals surface area contributed by atoms with E-state index in [1.807, 2.05) is 6.92 Å². The quantitative estimate of drug-likeness (QED) is 0.264. The Bertz CT molecular complexity index is 663. The van der Waals surface area contributed by atoms with Crippen molar-refractivity contribution >= 4 is 35.9 Å². The minimum atomic E-state index is -4.40. The van der Waals surface area contributed by atoms with Crippen molar-refractivity contribution in [2.24, 2.45) is 10.9 Å². The average Bonchev–Trinajstić information content (AvgIpc) is 2.69. The number of carbonyl (C=O) groups is 1. The minimum Gasteiger partial charge on any atom is -0.469 e. The third kappa shape index (κ3) is 8.62. The van der Waals surface area contributed by atoms with Gasteiger partial charge in [-0.15, -0.1) is 24.0 Å². The van der Waals surface area contributed by atoms with E-state index in [2.05, 4.69) is 24.9 Å². The van der Waals surface area contributed by atoms with Crippen LogP contribution in [0.15, 0.2) is 23.3 Å². The Morgan fingerprint density at radius 2 is 2.03 bits per heavy atom. The molecule has 164 valence electrons. The van der Waals surface area contributed by atoms with E-state index < -0.39 is 12.8 Å². The first-order chi connectivity index (χ1) is 13.3. The van der Waals surface area contributed by atoms with Crippen LogP contribution in [0, 0.1) is 5.92 Å². The number of ether oxygens (including phenoxy) is 2. The molecule has 0 radical (unpaired) electrons. The van der Waals surface area contributed by atoms with Crippen LogP contribution in [0.25, 0.3) is 0 Å². The van der Waals surface area contributed by atoms with Gasteiger partial charge in [-0.05, 0) is 25.3 Å². The number of pyridine rings is 1. The third-order valence-corrected chi connectivity index (χ3v) is 4.26. The first-order valence-corrected chi connectivity index (χ1v) is 9.08. The highest BCUT2D eigenvalue weighted by molar-refractivity contribution is 14.0. The molecule has 29 heavy (non-hydrogen) atoms. The molecule has 1 fully saturated rings. The molecule has 0 saturated carbocycles. The number of hydrogen-bond donors (Lipinski definition) is 1. The Labute approximate surface area is 185 Å². The van der Waals surface area contributed by atoms with Crippen LogP contribution in [0.1, 0.15) is 25.3 Å². The van der Waals surface area contributed by atoms with Gasteiger partial charge in [0, 0.05) is 31.9 Å². The molecule has 1 aromatic heterocycles. The molecule has 1 aliphatic heterocycles. The molecule has 1 aromatic rings. The largest absolute Gasteiger partial charge is 0.469 e. The van der Waals surface area contributed by atoms with Crippen LogP contribution in [-0.2, 0) is 16.1 Å². The summed E-state index contributed by atoms with van der Waals surface area (Å²) >= 11 is 0. The van der Waals surface area contributed by atoms with Crippen molar-refractivity contribution in [1.29, 1.82) is 0 Å². The van der Waals surface area contributed by atoms with Gasteiger partial charge in [-0.2, -0.15) is 13.2 Å². The number of rotatable bonds is 6. The van der Waals surface area contributed by atoms with Crippen molar-refractivity contribution in [3.8, 4) is 5.88 Å². The molecule has 7 nitrogen and oxygen atoms in total. The van der Waals surface area contributed by atoms with Crippen LogP contribution in [0.4, 0.5) is 13.2 Å². The number of likely N-dealkylation sites (tertiary alicyclic amines) is 1. The summed E-state index contributed by atoms with van der Waals surface area (Å²) in [6.45, 7) is 2.99. The van der Waals surface area contributed by atoms with Crippen molar-refractivity contribution in [2.75, 3.05) is 33.4 Å². The van der Waals surface area contributed by atoms with Gasteiger partial charge in [-0.3, -0.25) is 4.79 Å². The lowest BCUT2D eigenvalue weighted by Gasteiger charge is -2.33. The number of aliphatic imine (C=N–C) groups is 1. The van der Waals surface area contributed by atoms with Gasteiger partial charge in [0.2, 0.25) is 5.88 Å². The number of halogens is 4. The number of methoxy groups -OCH3 is 1. The zero-order chi connectivity index (χ0) is 20.6. The Kier molecular flexibility index (Phi) is 10.5. The normalized spacial score (nSPS) is 15.5. The number of alkyl halides is 3. The van der Waals surface area contributed by atoms with Gasteiger partial charge in [0.15, 0.2) is 12.6 Å². The van der Waals surface area contributed by atoms with Gasteiger partial charge in [0.05, 0.1) is 19.6 Å². The number of hydrogen-bond acceptors (Lipinski definition) is 5. The average molecular weight is 530 g/mol. The monoisotopic (exact) mass is 530 g/mol. The number of esters is 1. The number of aromatic nitrogens is 1. The summed E-state index contributed by atoms with van der Waals surface area (Å²) in [5.41, 5.74) is 0.749. The van der Waals surface area contributed by atoms with Crippen molar-refractivity contribution in [1.82, 2.24) is 15.2 Å². The number of guanidine groups is 1. The van der Waals surface area contributed by atoms with Crippen LogP contribution in [0.3, 0.4) is 0 Å². The fourth-order valence-corrected chi connectivity index (χ4v) is 2.83. The molecule has 2 heterocycles. The minimum absolute atomic E-state index is 0. The van der Waals surface area contributed by atoms with E-state index >= 15 is 0 Å². The molecular weight excluding hydrogens is 504 g/mol. The Morgan fingerprint density at radius 1 is 1.34 bits per heavy atom. The standard InChI is InChI=1S/C18H25F3N4O3.HI/c1-3-22-17(25-8-6-14(7-9-25)16(26)27-2)24-11-13-4-5-15(23-10-13)28-12-18(19,20)21;/h4-5,10,14H,3,6-9,11-12H2,1-2H3,(H,22,24);1H. The molecule has 0 amide bonds. The SMILES string of the molecule is CCNC(=NCc1ccc(OCC(F)(F)F)nc1)N1CCC(C(=O)OC)CC1.I. The zero-order valence-electron chi connectivity index (χ0n) is 16.4. The second-order valence-corrected chi connectivity index (χ2v) is 6.36. The fourth-order valence-electron chi connectivity index (χ4n) is 2.83. The summed E-state index contributed by atoms with van der Waals surface area (Å²) in [4.78, 5) is 22.2. The van der Waals surface area contributed by atoms with Crippen LogP contribution < -0.4 is 10.1 Å².